The van der Waals surface area contributed by atoms with E-state index in [4.69, 9.17) is 5.26 Å². The van der Waals surface area contributed by atoms with E-state index in [2.05, 4.69) is 20.9 Å². The van der Waals surface area contributed by atoms with Crippen molar-refractivity contribution in [3.8, 4) is 6.07 Å². The number of aromatic amines is 1. The van der Waals surface area contributed by atoms with Crippen LogP contribution in [0.15, 0.2) is 34.2 Å². The van der Waals surface area contributed by atoms with Crippen molar-refractivity contribution in [2.75, 3.05) is 32.4 Å². The summed E-state index contributed by atoms with van der Waals surface area (Å²) in [4.78, 5) is 36.4. The minimum absolute atomic E-state index is 0.0861. The molecule has 0 bridgehead atoms. The maximum atomic E-state index is 12.7. The third-order valence-corrected chi connectivity index (χ3v) is 5.99. The summed E-state index contributed by atoms with van der Waals surface area (Å²) in [5.41, 5.74) is 2.98. The molecule has 8 heteroatoms. The quantitative estimate of drug-likeness (QED) is 0.564. The summed E-state index contributed by atoms with van der Waals surface area (Å²) in [5, 5.41) is 9.52. The number of carbonyl (C=O) groups is 1. The molecule has 30 heavy (non-hydrogen) atoms. The van der Waals surface area contributed by atoms with Gasteiger partial charge in [-0.15, -0.1) is 0 Å². The van der Waals surface area contributed by atoms with Crippen molar-refractivity contribution in [2.24, 2.45) is 0 Å². The van der Waals surface area contributed by atoms with Crippen LogP contribution in [0.3, 0.4) is 0 Å². The number of benzene rings is 1. The van der Waals surface area contributed by atoms with E-state index < -0.39 is 0 Å². The third kappa shape index (κ3) is 5.71. The minimum atomic E-state index is -0.149. The van der Waals surface area contributed by atoms with Gasteiger partial charge in [0.2, 0.25) is 5.91 Å². The second kappa shape index (κ2) is 10.4. The molecule has 158 valence electrons. The number of nitriles is 1. The van der Waals surface area contributed by atoms with Gasteiger partial charge in [0.25, 0.3) is 5.56 Å². The van der Waals surface area contributed by atoms with Crippen molar-refractivity contribution in [3.05, 3.63) is 57.0 Å². The van der Waals surface area contributed by atoms with Gasteiger partial charge < -0.3 is 9.88 Å². The normalized spacial score (nSPS) is 14.9. The van der Waals surface area contributed by atoms with Gasteiger partial charge in [-0.2, -0.15) is 5.26 Å². The van der Waals surface area contributed by atoms with Gasteiger partial charge in [-0.1, -0.05) is 23.9 Å². The number of aromatic nitrogens is 2. The average Bonchev–Trinajstić information content (AvgIpc) is 2.99. The molecule has 1 aromatic carbocycles. The molecule has 7 nitrogen and oxygen atoms in total. The van der Waals surface area contributed by atoms with Crippen LogP contribution in [0, 0.1) is 18.3 Å². The van der Waals surface area contributed by atoms with E-state index in [-0.39, 0.29) is 11.5 Å². The largest absolute Gasteiger partial charge is 0.341 e. The van der Waals surface area contributed by atoms with Gasteiger partial charge >= 0.3 is 0 Å². The van der Waals surface area contributed by atoms with Crippen LogP contribution in [0.1, 0.15) is 35.2 Å². The van der Waals surface area contributed by atoms with E-state index in [1.165, 1.54) is 17.3 Å². The summed E-state index contributed by atoms with van der Waals surface area (Å²) in [6.07, 6.45) is 3.52. The molecule has 0 radical (unpaired) electrons. The summed E-state index contributed by atoms with van der Waals surface area (Å²) in [6.45, 7) is 5.81. The number of nitrogens with one attached hydrogen (secondary N) is 1. The van der Waals surface area contributed by atoms with Crippen LogP contribution in [-0.4, -0.2) is 58.1 Å². The summed E-state index contributed by atoms with van der Waals surface area (Å²) in [6, 6.07) is 9.80. The smallest absolute Gasteiger partial charge is 0.254 e. The fourth-order valence-electron chi connectivity index (χ4n) is 3.69. The number of thioether (sulfide) groups is 1. The van der Waals surface area contributed by atoms with Crippen LogP contribution in [0.25, 0.3) is 0 Å². The first-order chi connectivity index (χ1) is 14.5. The highest BCUT2D eigenvalue weighted by Gasteiger charge is 2.20. The van der Waals surface area contributed by atoms with Crippen molar-refractivity contribution in [2.45, 2.75) is 37.9 Å². The Morgan fingerprint density at radius 3 is 2.67 bits per heavy atom. The second-order valence-electron chi connectivity index (χ2n) is 7.46. The Bertz CT molecular complexity index is 981. The Morgan fingerprint density at radius 2 is 2.00 bits per heavy atom. The number of hydrogen-bond acceptors (Lipinski definition) is 6. The molecule has 0 spiro atoms. The van der Waals surface area contributed by atoms with Crippen LogP contribution in [0.4, 0.5) is 0 Å². The number of aryl methyl sites for hydroxylation is 1. The molecule has 0 atom stereocenters. The van der Waals surface area contributed by atoms with Crippen LogP contribution in [0.5, 0.6) is 0 Å². The highest BCUT2D eigenvalue weighted by atomic mass is 32.2. The van der Waals surface area contributed by atoms with E-state index in [9.17, 15) is 9.59 Å². The number of hydrogen-bond donors (Lipinski definition) is 1. The fraction of sp³-hybridized carbons (Fsp3) is 0.455. The van der Waals surface area contributed by atoms with Gasteiger partial charge in [0.05, 0.1) is 11.6 Å². The van der Waals surface area contributed by atoms with Crippen LogP contribution >= 0.6 is 11.8 Å². The topological polar surface area (TPSA) is 93.1 Å². The molecule has 0 aliphatic carbocycles. The Labute approximate surface area is 181 Å². The summed E-state index contributed by atoms with van der Waals surface area (Å²) in [5.74, 6) is 0.0861. The van der Waals surface area contributed by atoms with Gasteiger partial charge in [-0.05, 0) is 43.7 Å². The molecule has 1 saturated heterocycles. The monoisotopic (exact) mass is 425 g/mol. The van der Waals surface area contributed by atoms with E-state index in [0.29, 0.717) is 41.4 Å². The lowest BCUT2D eigenvalue weighted by molar-refractivity contribution is -0.131. The summed E-state index contributed by atoms with van der Waals surface area (Å²) < 4.78 is 0. The van der Waals surface area contributed by atoms with E-state index in [1.54, 1.807) is 0 Å². The number of nitrogens with zero attached hydrogens (tertiary/aromatic N) is 4. The van der Waals surface area contributed by atoms with E-state index in [0.717, 1.165) is 32.6 Å². The highest BCUT2D eigenvalue weighted by Crippen LogP contribution is 2.13. The van der Waals surface area contributed by atoms with Crippen molar-refractivity contribution < 1.29 is 4.79 Å². The zero-order chi connectivity index (χ0) is 21.5. The van der Waals surface area contributed by atoms with Gasteiger partial charge in [-0.3, -0.25) is 14.5 Å². The first-order valence-corrected chi connectivity index (χ1v) is 11.4. The van der Waals surface area contributed by atoms with Crippen molar-refractivity contribution in [3.63, 3.8) is 0 Å². The Kier molecular flexibility index (Phi) is 7.66. The molecular weight excluding hydrogens is 398 g/mol. The zero-order valence-electron chi connectivity index (χ0n) is 17.5. The van der Waals surface area contributed by atoms with Crippen molar-refractivity contribution in [1.82, 2.24) is 19.8 Å². The molecule has 1 aliphatic rings. The maximum absolute atomic E-state index is 12.7. The van der Waals surface area contributed by atoms with Gasteiger partial charge in [-0.25, -0.2) is 4.98 Å². The van der Waals surface area contributed by atoms with Crippen molar-refractivity contribution >= 4 is 17.7 Å². The molecule has 1 aromatic heterocycles. The first-order valence-electron chi connectivity index (χ1n) is 10.1. The predicted octanol–water partition coefficient (Wildman–Crippen LogP) is 2.34. The SMILES string of the molecule is CSc1nc(C)c(CCC(=O)N2CCCN(Cc3ccc(C#N)cc3)CC2)c(=O)[nH]1. The minimum Gasteiger partial charge on any atom is -0.341 e. The Balaban J connectivity index is 1.53. The van der Waals surface area contributed by atoms with E-state index in [1.807, 2.05) is 42.3 Å². The lowest BCUT2D eigenvalue weighted by Gasteiger charge is -2.22. The first kappa shape index (κ1) is 22.1. The van der Waals surface area contributed by atoms with E-state index >= 15 is 0 Å². The number of rotatable bonds is 6. The molecule has 1 aliphatic heterocycles. The van der Waals surface area contributed by atoms with Gasteiger partial charge in [0.1, 0.15) is 0 Å². The second-order valence-corrected chi connectivity index (χ2v) is 8.25. The average molecular weight is 426 g/mol. The zero-order valence-corrected chi connectivity index (χ0v) is 18.3. The standard InChI is InChI=1S/C22H27N5O2S/c1-16-19(21(29)25-22(24-16)30-2)8-9-20(28)27-11-3-10-26(12-13-27)15-18-6-4-17(14-23)5-7-18/h4-7H,3,8-13,15H2,1-2H3,(H,24,25,29). The molecule has 2 aromatic rings. The number of amides is 1. The molecule has 1 N–H and O–H groups in total. The lowest BCUT2D eigenvalue weighted by Crippen LogP contribution is -2.35. The Morgan fingerprint density at radius 1 is 1.23 bits per heavy atom. The Hall–Kier alpha value is -2.63. The molecule has 3 rings (SSSR count). The van der Waals surface area contributed by atoms with Crippen molar-refractivity contribution in [1.29, 1.82) is 5.26 Å². The van der Waals surface area contributed by atoms with Crippen LogP contribution < -0.4 is 5.56 Å². The molecule has 0 unspecified atom stereocenters. The molecule has 1 fully saturated rings. The molecular formula is C22H27N5O2S. The summed E-state index contributed by atoms with van der Waals surface area (Å²) >= 11 is 1.40. The molecule has 1 amide bonds. The number of carbonyl (C=O) groups excluding carboxylic acids is 1. The third-order valence-electron chi connectivity index (χ3n) is 5.41. The van der Waals surface area contributed by atoms with Crippen LogP contribution in [-0.2, 0) is 17.8 Å². The number of H-pyrrole nitrogens is 1. The molecule has 0 saturated carbocycles. The highest BCUT2D eigenvalue weighted by molar-refractivity contribution is 7.98. The molecule has 2 heterocycles. The van der Waals surface area contributed by atoms with Gasteiger partial charge in [0, 0.05) is 50.4 Å². The fourth-order valence-corrected chi connectivity index (χ4v) is 4.11. The predicted molar refractivity (Wildman–Crippen MR) is 117 cm³/mol. The summed E-state index contributed by atoms with van der Waals surface area (Å²) in [7, 11) is 0. The lowest BCUT2D eigenvalue weighted by atomic mass is 10.1. The van der Waals surface area contributed by atoms with Crippen LogP contribution in [0.2, 0.25) is 0 Å². The maximum Gasteiger partial charge on any atom is 0.254 e. The van der Waals surface area contributed by atoms with Gasteiger partial charge in [0.15, 0.2) is 5.16 Å².